The van der Waals surface area contributed by atoms with E-state index in [2.05, 4.69) is 5.32 Å². The normalized spacial score (nSPS) is 14.1. The third-order valence-corrected chi connectivity index (χ3v) is 4.72. The molecule has 28 heavy (non-hydrogen) atoms. The lowest BCUT2D eigenvalue weighted by molar-refractivity contribution is -0.118. The Bertz CT molecular complexity index is 796. The number of hydrogen-bond donors (Lipinski definition) is 1. The highest BCUT2D eigenvalue weighted by atomic mass is 16.5. The molecule has 148 valence electrons. The van der Waals surface area contributed by atoms with Crippen LogP contribution in [0, 0.1) is 0 Å². The van der Waals surface area contributed by atoms with Gasteiger partial charge < -0.3 is 19.7 Å². The van der Waals surface area contributed by atoms with Gasteiger partial charge >= 0.3 is 0 Å². The quantitative estimate of drug-likeness (QED) is 0.827. The largest absolute Gasteiger partial charge is 0.497 e. The number of methoxy groups -OCH3 is 1. The lowest BCUT2D eigenvalue weighted by Gasteiger charge is -2.20. The summed E-state index contributed by atoms with van der Waals surface area (Å²) in [5.41, 5.74) is 1.18. The maximum absolute atomic E-state index is 12.7. The van der Waals surface area contributed by atoms with E-state index in [-0.39, 0.29) is 18.4 Å². The van der Waals surface area contributed by atoms with E-state index in [1.165, 1.54) is 12.8 Å². The molecule has 0 saturated carbocycles. The Morgan fingerprint density at radius 1 is 0.964 bits per heavy atom. The molecule has 0 atom stereocenters. The van der Waals surface area contributed by atoms with E-state index in [9.17, 15) is 9.59 Å². The molecule has 0 spiro atoms. The van der Waals surface area contributed by atoms with Crippen LogP contribution in [-0.4, -0.2) is 43.5 Å². The van der Waals surface area contributed by atoms with Crippen molar-refractivity contribution in [3.8, 4) is 11.5 Å². The fraction of sp³-hybridized carbons (Fsp3) is 0.364. The van der Waals surface area contributed by atoms with Crippen LogP contribution in [0.5, 0.6) is 11.5 Å². The first-order chi connectivity index (χ1) is 13.7. The third-order valence-electron chi connectivity index (χ3n) is 4.72. The number of benzene rings is 2. The zero-order chi connectivity index (χ0) is 19.8. The second-order valence-corrected chi connectivity index (χ2v) is 6.80. The van der Waals surface area contributed by atoms with Crippen molar-refractivity contribution in [2.45, 2.75) is 25.7 Å². The Morgan fingerprint density at radius 2 is 1.64 bits per heavy atom. The van der Waals surface area contributed by atoms with E-state index in [4.69, 9.17) is 9.47 Å². The summed E-state index contributed by atoms with van der Waals surface area (Å²) in [6.07, 6.45) is 4.44. The maximum atomic E-state index is 12.7. The van der Waals surface area contributed by atoms with Crippen LogP contribution in [0.3, 0.4) is 0 Å². The van der Waals surface area contributed by atoms with Gasteiger partial charge in [-0.05, 0) is 55.3 Å². The SMILES string of the molecule is COc1ccc(OCC(=O)Nc2cccc(C(=O)N3CCCCCC3)c2)cc1. The van der Waals surface area contributed by atoms with E-state index in [0.717, 1.165) is 31.7 Å². The fourth-order valence-electron chi connectivity index (χ4n) is 3.20. The Kier molecular flexibility index (Phi) is 6.89. The molecule has 1 saturated heterocycles. The van der Waals surface area contributed by atoms with Crippen LogP contribution in [0.15, 0.2) is 48.5 Å². The zero-order valence-corrected chi connectivity index (χ0v) is 16.1. The minimum absolute atomic E-state index is 0.0208. The molecule has 2 aromatic carbocycles. The van der Waals surface area contributed by atoms with Gasteiger partial charge in [0.05, 0.1) is 7.11 Å². The number of rotatable bonds is 6. The summed E-state index contributed by atoms with van der Waals surface area (Å²) in [6, 6.07) is 14.1. The van der Waals surface area contributed by atoms with Crippen molar-refractivity contribution in [1.29, 1.82) is 0 Å². The van der Waals surface area contributed by atoms with Crippen LogP contribution in [0.2, 0.25) is 0 Å². The summed E-state index contributed by atoms with van der Waals surface area (Å²) in [6.45, 7) is 1.48. The highest BCUT2D eigenvalue weighted by molar-refractivity contribution is 5.97. The average Bonchev–Trinajstić information content (AvgIpc) is 3.02. The molecule has 1 fully saturated rings. The van der Waals surface area contributed by atoms with Crippen molar-refractivity contribution < 1.29 is 19.1 Å². The number of carbonyl (C=O) groups is 2. The minimum Gasteiger partial charge on any atom is -0.497 e. The van der Waals surface area contributed by atoms with Crippen molar-refractivity contribution in [2.75, 3.05) is 32.1 Å². The van der Waals surface area contributed by atoms with Crippen LogP contribution in [0.25, 0.3) is 0 Å². The summed E-state index contributed by atoms with van der Waals surface area (Å²) in [4.78, 5) is 26.8. The van der Waals surface area contributed by atoms with Crippen molar-refractivity contribution in [1.82, 2.24) is 4.90 Å². The Hall–Kier alpha value is -3.02. The molecule has 1 heterocycles. The third kappa shape index (κ3) is 5.49. The summed E-state index contributed by atoms with van der Waals surface area (Å²) in [5.74, 6) is 1.05. The van der Waals surface area contributed by atoms with Gasteiger partial charge in [0.2, 0.25) is 0 Å². The highest BCUT2D eigenvalue weighted by Gasteiger charge is 2.17. The van der Waals surface area contributed by atoms with Crippen LogP contribution in [0.4, 0.5) is 5.69 Å². The van der Waals surface area contributed by atoms with Crippen molar-refractivity contribution in [2.24, 2.45) is 0 Å². The molecular weight excluding hydrogens is 356 g/mol. The minimum atomic E-state index is -0.282. The van der Waals surface area contributed by atoms with Gasteiger partial charge in [-0.3, -0.25) is 9.59 Å². The first-order valence-electron chi connectivity index (χ1n) is 9.62. The van der Waals surface area contributed by atoms with Gasteiger partial charge in [0.25, 0.3) is 11.8 Å². The summed E-state index contributed by atoms with van der Waals surface area (Å²) >= 11 is 0. The molecule has 6 nitrogen and oxygen atoms in total. The van der Waals surface area contributed by atoms with E-state index in [1.807, 2.05) is 4.90 Å². The number of anilines is 1. The lowest BCUT2D eigenvalue weighted by Crippen LogP contribution is -2.31. The summed E-state index contributed by atoms with van der Waals surface area (Å²) in [5, 5.41) is 2.79. The number of nitrogens with zero attached hydrogens (tertiary/aromatic N) is 1. The predicted octanol–water partition coefficient (Wildman–Crippen LogP) is 3.73. The number of hydrogen-bond acceptors (Lipinski definition) is 4. The average molecular weight is 382 g/mol. The highest BCUT2D eigenvalue weighted by Crippen LogP contribution is 2.18. The lowest BCUT2D eigenvalue weighted by atomic mass is 10.1. The van der Waals surface area contributed by atoms with Crippen LogP contribution in [0.1, 0.15) is 36.0 Å². The molecule has 0 bridgehead atoms. The van der Waals surface area contributed by atoms with Gasteiger partial charge in [0, 0.05) is 24.3 Å². The second kappa shape index (κ2) is 9.78. The monoisotopic (exact) mass is 382 g/mol. The number of ether oxygens (including phenoxy) is 2. The fourth-order valence-corrected chi connectivity index (χ4v) is 3.20. The number of nitrogens with one attached hydrogen (secondary N) is 1. The number of amides is 2. The Balaban J connectivity index is 1.55. The molecule has 0 aliphatic carbocycles. The van der Waals surface area contributed by atoms with Gasteiger partial charge in [-0.2, -0.15) is 0 Å². The van der Waals surface area contributed by atoms with Gasteiger partial charge in [-0.25, -0.2) is 0 Å². The van der Waals surface area contributed by atoms with E-state index >= 15 is 0 Å². The molecule has 1 aliphatic heterocycles. The Labute approximate surface area is 165 Å². The topological polar surface area (TPSA) is 67.9 Å². The molecule has 0 radical (unpaired) electrons. The van der Waals surface area contributed by atoms with E-state index < -0.39 is 0 Å². The standard InChI is InChI=1S/C22H26N2O4/c1-27-19-9-11-20(12-10-19)28-16-21(25)23-18-8-6-7-17(15-18)22(26)24-13-4-2-3-5-14-24/h6-12,15H,2-5,13-14,16H2,1H3,(H,23,25). The molecule has 3 rings (SSSR count). The van der Waals surface area contributed by atoms with Gasteiger partial charge in [-0.1, -0.05) is 18.9 Å². The molecule has 1 N–H and O–H groups in total. The van der Waals surface area contributed by atoms with Crippen molar-refractivity contribution in [3.05, 3.63) is 54.1 Å². The van der Waals surface area contributed by atoms with Gasteiger partial charge in [-0.15, -0.1) is 0 Å². The Morgan fingerprint density at radius 3 is 2.32 bits per heavy atom. The van der Waals surface area contributed by atoms with Crippen LogP contribution < -0.4 is 14.8 Å². The first-order valence-corrected chi connectivity index (χ1v) is 9.62. The second-order valence-electron chi connectivity index (χ2n) is 6.80. The predicted molar refractivity (Wildman–Crippen MR) is 108 cm³/mol. The van der Waals surface area contributed by atoms with E-state index in [0.29, 0.717) is 17.0 Å². The van der Waals surface area contributed by atoms with Crippen molar-refractivity contribution >= 4 is 17.5 Å². The molecular formula is C22H26N2O4. The maximum Gasteiger partial charge on any atom is 0.262 e. The first kappa shape index (κ1) is 19.7. The van der Waals surface area contributed by atoms with Gasteiger partial charge in [0.1, 0.15) is 11.5 Å². The molecule has 1 aliphatic rings. The number of likely N-dealkylation sites (tertiary alicyclic amines) is 1. The van der Waals surface area contributed by atoms with E-state index in [1.54, 1.807) is 55.6 Å². The molecule has 0 aromatic heterocycles. The number of carbonyl (C=O) groups excluding carboxylic acids is 2. The van der Waals surface area contributed by atoms with Crippen LogP contribution in [-0.2, 0) is 4.79 Å². The zero-order valence-electron chi connectivity index (χ0n) is 16.1. The van der Waals surface area contributed by atoms with Crippen LogP contribution >= 0.6 is 0 Å². The summed E-state index contributed by atoms with van der Waals surface area (Å²) < 4.78 is 10.6. The molecule has 6 heteroatoms. The molecule has 0 unspecified atom stereocenters. The summed E-state index contributed by atoms with van der Waals surface area (Å²) in [7, 11) is 1.59. The van der Waals surface area contributed by atoms with Crippen molar-refractivity contribution in [3.63, 3.8) is 0 Å². The van der Waals surface area contributed by atoms with Gasteiger partial charge in [0.15, 0.2) is 6.61 Å². The smallest absolute Gasteiger partial charge is 0.262 e. The molecule has 2 amide bonds. The molecule has 2 aromatic rings.